The van der Waals surface area contributed by atoms with Crippen LogP contribution in [0.1, 0.15) is 15.9 Å². The molecule has 1 aliphatic heterocycles. The van der Waals surface area contributed by atoms with Crippen molar-refractivity contribution in [3.63, 3.8) is 0 Å². The van der Waals surface area contributed by atoms with Gasteiger partial charge in [0, 0.05) is 20.8 Å². The van der Waals surface area contributed by atoms with E-state index in [1.807, 2.05) is 12.1 Å². The van der Waals surface area contributed by atoms with Crippen molar-refractivity contribution in [2.24, 2.45) is 0 Å². The lowest BCUT2D eigenvalue weighted by Crippen LogP contribution is -1.95. The molecule has 0 bridgehead atoms. The number of rotatable bonds is 0. The molecular formula is C12H7BrO3. The van der Waals surface area contributed by atoms with Gasteiger partial charge < -0.3 is 9.84 Å². The number of ether oxygens (including phenoxy) is 1. The van der Waals surface area contributed by atoms with E-state index in [1.165, 1.54) is 0 Å². The molecule has 1 N–H and O–H groups in total. The highest BCUT2D eigenvalue weighted by Crippen LogP contribution is 2.35. The van der Waals surface area contributed by atoms with Crippen molar-refractivity contribution >= 4 is 32.7 Å². The molecule has 0 unspecified atom stereocenters. The van der Waals surface area contributed by atoms with Crippen LogP contribution in [0.25, 0.3) is 10.8 Å². The maximum Gasteiger partial charge on any atom is 0.339 e. The Morgan fingerprint density at radius 2 is 2.06 bits per heavy atom. The van der Waals surface area contributed by atoms with Gasteiger partial charge in [-0.25, -0.2) is 4.79 Å². The first-order valence-electron chi connectivity index (χ1n) is 4.78. The highest BCUT2D eigenvalue weighted by molar-refractivity contribution is 9.10. The van der Waals surface area contributed by atoms with Crippen LogP contribution < -0.4 is 0 Å². The third kappa shape index (κ3) is 1.23. The van der Waals surface area contributed by atoms with Crippen molar-refractivity contribution in [2.75, 3.05) is 0 Å². The van der Waals surface area contributed by atoms with Crippen molar-refractivity contribution in [2.45, 2.75) is 6.61 Å². The lowest BCUT2D eigenvalue weighted by Gasteiger charge is -2.05. The molecule has 2 aromatic carbocycles. The van der Waals surface area contributed by atoms with Gasteiger partial charge >= 0.3 is 5.97 Å². The minimum atomic E-state index is -0.321. The molecule has 0 saturated heterocycles. The van der Waals surface area contributed by atoms with Crippen LogP contribution in [0, 0.1) is 0 Å². The summed E-state index contributed by atoms with van der Waals surface area (Å²) in [6, 6.07) is 7.02. The number of fused-ring (bicyclic) bond motifs is 3. The number of benzene rings is 2. The van der Waals surface area contributed by atoms with Crippen LogP contribution in [0.3, 0.4) is 0 Å². The number of phenolic OH excluding ortho intramolecular Hbond substituents is 1. The predicted octanol–water partition coefficient (Wildman–Crippen LogP) is 2.98. The number of hydrogen-bond acceptors (Lipinski definition) is 3. The van der Waals surface area contributed by atoms with E-state index in [-0.39, 0.29) is 18.3 Å². The highest BCUT2D eigenvalue weighted by Gasteiger charge is 2.25. The molecule has 0 spiro atoms. The molecule has 2 aromatic rings. The van der Waals surface area contributed by atoms with Gasteiger partial charge in [0.15, 0.2) is 0 Å². The standard InChI is InChI=1S/C12H7BrO3/c13-7-1-2-8-9(4-7)11-6(3-10(8)14)5-16-12(11)15/h1-4,14H,5H2. The number of halogens is 1. The van der Waals surface area contributed by atoms with E-state index in [1.54, 1.807) is 12.1 Å². The van der Waals surface area contributed by atoms with E-state index in [9.17, 15) is 9.90 Å². The summed E-state index contributed by atoms with van der Waals surface area (Å²) in [5.41, 5.74) is 1.31. The van der Waals surface area contributed by atoms with E-state index < -0.39 is 0 Å². The Labute approximate surface area is 99.8 Å². The summed E-state index contributed by atoms with van der Waals surface area (Å²) in [7, 11) is 0. The number of cyclic esters (lactones) is 1. The lowest BCUT2D eigenvalue weighted by molar-refractivity contribution is 0.0536. The first-order chi connectivity index (χ1) is 7.66. The maximum atomic E-state index is 11.6. The van der Waals surface area contributed by atoms with Gasteiger partial charge in [0.1, 0.15) is 12.4 Å². The number of esters is 1. The zero-order chi connectivity index (χ0) is 11.3. The number of carbonyl (C=O) groups excluding carboxylic acids is 1. The number of carbonyl (C=O) groups is 1. The Hall–Kier alpha value is -1.55. The van der Waals surface area contributed by atoms with Crippen LogP contribution in [0.15, 0.2) is 28.7 Å². The predicted molar refractivity (Wildman–Crippen MR) is 62.4 cm³/mol. The Bertz CT molecular complexity index is 619. The molecule has 0 aromatic heterocycles. The van der Waals surface area contributed by atoms with Crippen molar-refractivity contribution in [1.82, 2.24) is 0 Å². The fourth-order valence-electron chi connectivity index (χ4n) is 2.00. The van der Waals surface area contributed by atoms with Gasteiger partial charge in [-0.3, -0.25) is 0 Å². The van der Waals surface area contributed by atoms with E-state index in [0.717, 1.165) is 15.4 Å². The minimum Gasteiger partial charge on any atom is -0.507 e. The average molecular weight is 279 g/mol. The average Bonchev–Trinajstić information content (AvgIpc) is 2.60. The van der Waals surface area contributed by atoms with Crippen LogP contribution in [0.2, 0.25) is 0 Å². The first-order valence-corrected chi connectivity index (χ1v) is 5.57. The van der Waals surface area contributed by atoms with E-state index in [2.05, 4.69) is 15.9 Å². The largest absolute Gasteiger partial charge is 0.507 e. The van der Waals surface area contributed by atoms with Gasteiger partial charge in [0.2, 0.25) is 0 Å². The molecule has 0 radical (unpaired) electrons. The summed E-state index contributed by atoms with van der Waals surface area (Å²) >= 11 is 3.35. The summed E-state index contributed by atoms with van der Waals surface area (Å²) < 4.78 is 5.83. The SMILES string of the molecule is O=C1OCc2cc(O)c3ccc(Br)cc3c21. The Morgan fingerprint density at radius 3 is 2.88 bits per heavy atom. The molecule has 16 heavy (non-hydrogen) atoms. The molecule has 0 fully saturated rings. The van der Waals surface area contributed by atoms with Gasteiger partial charge in [0.05, 0.1) is 5.56 Å². The van der Waals surface area contributed by atoms with E-state index in [4.69, 9.17) is 4.74 Å². The first kappa shape index (κ1) is 9.66. The normalized spacial score (nSPS) is 13.9. The van der Waals surface area contributed by atoms with E-state index in [0.29, 0.717) is 10.9 Å². The molecule has 1 aliphatic rings. The molecule has 0 saturated carbocycles. The summed E-state index contributed by atoms with van der Waals surface area (Å²) in [5, 5.41) is 11.2. The topological polar surface area (TPSA) is 46.5 Å². The van der Waals surface area contributed by atoms with Gasteiger partial charge in [-0.1, -0.05) is 15.9 Å². The van der Waals surface area contributed by atoms with Gasteiger partial charge in [-0.05, 0) is 24.3 Å². The Balaban J connectivity index is 2.50. The second kappa shape index (κ2) is 3.22. The molecule has 4 heteroatoms. The second-order valence-electron chi connectivity index (χ2n) is 3.70. The van der Waals surface area contributed by atoms with E-state index >= 15 is 0 Å². The highest BCUT2D eigenvalue weighted by atomic mass is 79.9. The lowest BCUT2D eigenvalue weighted by atomic mass is 10.00. The molecule has 0 aliphatic carbocycles. The maximum absolute atomic E-state index is 11.6. The van der Waals surface area contributed by atoms with Crippen LogP contribution in [-0.4, -0.2) is 11.1 Å². The van der Waals surface area contributed by atoms with Crippen molar-refractivity contribution in [3.05, 3.63) is 39.9 Å². The molecule has 0 atom stereocenters. The number of aromatic hydroxyl groups is 1. The Morgan fingerprint density at radius 1 is 1.25 bits per heavy atom. The summed E-state index contributed by atoms with van der Waals surface area (Å²) in [6.45, 7) is 0.240. The summed E-state index contributed by atoms with van der Waals surface area (Å²) in [4.78, 5) is 11.6. The quantitative estimate of drug-likeness (QED) is 0.754. The minimum absolute atomic E-state index is 0.180. The summed E-state index contributed by atoms with van der Waals surface area (Å²) in [6.07, 6.45) is 0. The molecule has 3 rings (SSSR count). The summed E-state index contributed by atoms with van der Waals surface area (Å²) in [5.74, 6) is -0.141. The van der Waals surface area contributed by atoms with Gasteiger partial charge in [-0.2, -0.15) is 0 Å². The second-order valence-corrected chi connectivity index (χ2v) is 4.61. The Kier molecular flexibility index (Phi) is 1.94. The third-order valence-electron chi connectivity index (χ3n) is 2.72. The van der Waals surface area contributed by atoms with Gasteiger partial charge in [0.25, 0.3) is 0 Å². The van der Waals surface area contributed by atoms with Crippen molar-refractivity contribution in [1.29, 1.82) is 0 Å². The van der Waals surface area contributed by atoms with Crippen molar-refractivity contribution in [3.8, 4) is 5.75 Å². The zero-order valence-corrected chi connectivity index (χ0v) is 9.74. The molecule has 1 heterocycles. The van der Waals surface area contributed by atoms with Crippen LogP contribution in [-0.2, 0) is 11.3 Å². The molecule has 0 amide bonds. The number of phenols is 1. The monoisotopic (exact) mass is 278 g/mol. The van der Waals surface area contributed by atoms with Crippen LogP contribution in [0.4, 0.5) is 0 Å². The van der Waals surface area contributed by atoms with Crippen LogP contribution >= 0.6 is 15.9 Å². The van der Waals surface area contributed by atoms with Crippen molar-refractivity contribution < 1.29 is 14.6 Å². The zero-order valence-electron chi connectivity index (χ0n) is 8.16. The third-order valence-corrected chi connectivity index (χ3v) is 3.22. The number of hydrogen-bond donors (Lipinski definition) is 1. The molecular weight excluding hydrogens is 272 g/mol. The molecule has 80 valence electrons. The fourth-order valence-corrected chi connectivity index (χ4v) is 2.37. The smallest absolute Gasteiger partial charge is 0.339 e. The van der Waals surface area contributed by atoms with Crippen LogP contribution in [0.5, 0.6) is 5.75 Å². The fraction of sp³-hybridized carbons (Fsp3) is 0.0833. The van der Waals surface area contributed by atoms with Gasteiger partial charge in [-0.15, -0.1) is 0 Å². The molecule has 3 nitrogen and oxygen atoms in total.